The van der Waals surface area contributed by atoms with Crippen LogP contribution in [0.4, 0.5) is 0 Å². The number of aliphatic imine (C=N–C) groups is 1. The number of guanidine groups is 1. The summed E-state index contributed by atoms with van der Waals surface area (Å²) < 4.78 is 4.90. The average molecular weight is 445 g/mol. The molecular weight excluding hydrogens is 413 g/mol. The lowest BCUT2D eigenvalue weighted by Crippen LogP contribution is -2.38. The highest BCUT2D eigenvalue weighted by molar-refractivity contribution is 14.0. The molecular formula is C15H32IN3O2S. The molecule has 132 valence electrons. The van der Waals surface area contributed by atoms with E-state index in [0.29, 0.717) is 13.0 Å². The molecule has 0 bridgehead atoms. The van der Waals surface area contributed by atoms with Gasteiger partial charge in [0.15, 0.2) is 5.96 Å². The molecule has 5 nitrogen and oxygen atoms in total. The first-order chi connectivity index (χ1) is 10.2. The molecule has 2 N–H and O–H groups in total. The predicted molar refractivity (Wildman–Crippen MR) is 107 cm³/mol. The van der Waals surface area contributed by atoms with Gasteiger partial charge in [-0.25, -0.2) is 0 Å². The Kier molecular flexibility index (Phi) is 20.6. The van der Waals surface area contributed by atoms with Gasteiger partial charge in [0.05, 0.1) is 6.61 Å². The quantitative estimate of drug-likeness (QED) is 0.159. The van der Waals surface area contributed by atoms with Gasteiger partial charge in [-0.3, -0.25) is 9.79 Å². The summed E-state index contributed by atoms with van der Waals surface area (Å²) in [5, 5.41) is 6.55. The lowest BCUT2D eigenvalue weighted by molar-refractivity contribution is -0.143. The van der Waals surface area contributed by atoms with E-state index in [4.69, 9.17) is 4.74 Å². The Morgan fingerprint density at radius 2 is 1.86 bits per heavy atom. The van der Waals surface area contributed by atoms with Crippen molar-refractivity contribution in [3.05, 3.63) is 0 Å². The minimum absolute atomic E-state index is 0. The van der Waals surface area contributed by atoms with Crippen LogP contribution in [0.5, 0.6) is 0 Å². The molecule has 0 aliphatic carbocycles. The van der Waals surface area contributed by atoms with E-state index >= 15 is 0 Å². The van der Waals surface area contributed by atoms with E-state index in [1.807, 2.05) is 18.7 Å². The second-order valence-electron chi connectivity index (χ2n) is 4.65. The van der Waals surface area contributed by atoms with Crippen LogP contribution in [0.1, 0.15) is 46.0 Å². The number of nitrogens with one attached hydrogen (secondary N) is 2. The minimum Gasteiger partial charge on any atom is -0.466 e. The summed E-state index contributed by atoms with van der Waals surface area (Å²) in [7, 11) is 0. The number of nitrogens with zero attached hydrogens (tertiary/aromatic N) is 1. The summed E-state index contributed by atoms with van der Waals surface area (Å²) in [6, 6.07) is 0. The molecule has 0 aromatic rings. The zero-order chi connectivity index (χ0) is 15.8. The fourth-order valence-electron chi connectivity index (χ4n) is 1.77. The van der Waals surface area contributed by atoms with Crippen molar-refractivity contribution in [3.8, 4) is 0 Å². The van der Waals surface area contributed by atoms with Gasteiger partial charge in [-0.05, 0) is 32.9 Å². The van der Waals surface area contributed by atoms with E-state index in [0.717, 1.165) is 57.0 Å². The SMILES string of the molecule is CCNC(=NCCCCCCC(=O)OCC)NCCSC.I. The first kappa shape index (κ1) is 24.1. The zero-order valence-electron chi connectivity index (χ0n) is 14.2. The number of ether oxygens (including phenoxy) is 1. The summed E-state index contributed by atoms with van der Waals surface area (Å²) in [6.07, 6.45) is 6.77. The van der Waals surface area contributed by atoms with Crippen molar-refractivity contribution >= 4 is 47.7 Å². The van der Waals surface area contributed by atoms with Crippen LogP contribution < -0.4 is 10.6 Å². The summed E-state index contributed by atoms with van der Waals surface area (Å²) in [4.78, 5) is 15.7. The smallest absolute Gasteiger partial charge is 0.305 e. The Bertz CT molecular complexity index is 292. The van der Waals surface area contributed by atoms with E-state index in [1.54, 1.807) is 0 Å². The maximum atomic E-state index is 11.2. The van der Waals surface area contributed by atoms with Crippen LogP contribution in [0, 0.1) is 0 Å². The summed E-state index contributed by atoms with van der Waals surface area (Å²) in [5.74, 6) is 1.90. The molecule has 0 saturated carbocycles. The van der Waals surface area contributed by atoms with Crippen molar-refractivity contribution in [1.82, 2.24) is 10.6 Å². The number of rotatable bonds is 12. The monoisotopic (exact) mass is 445 g/mol. The van der Waals surface area contributed by atoms with Crippen LogP contribution in [0.25, 0.3) is 0 Å². The molecule has 0 aliphatic rings. The van der Waals surface area contributed by atoms with Gasteiger partial charge in [-0.1, -0.05) is 12.8 Å². The summed E-state index contributed by atoms with van der Waals surface area (Å²) in [5.41, 5.74) is 0. The zero-order valence-corrected chi connectivity index (χ0v) is 17.3. The molecule has 7 heteroatoms. The largest absolute Gasteiger partial charge is 0.466 e. The van der Waals surface area contributed by atoms with Crippen LogP contribution >= 0.6 is 35.7 Å². The number of halogens is 1. The van der Waals surface area contributed by atoms with E-state index in [9.17, 15) is 4.79 Å². The lowest BCUT2D eigenvalue weighted by Gasteiger charge is -2.10. The van der Waals surface area contributed by atoms with E-state index in [-0.39, 0.29) is 29.9 Å². The molecule has 0 unspecified atom stereocenters. The fourth-order valence-corrected chi connectivity index (χ4v) is 2.08. The molecule has 0 spiro atoms. The fraction of sp³-hybridized carbons (Fsp3) is 0.867. The van der Waals surface area contributed by atoms with Gasteiger partial charge in [-0.15, -0.1) is 24.0 Å². The van der Waals surface area contributed by atoms with Gasteiger partial charge in [0.25, 0.3) is 0 Å². The van der Waals surface area contributed by atoms with Crippen LogP contribution in [0.15, 0.2) is 4.99 Å². The van der Waals surface area contributed by atoms with Crippen molar-refractivity contribution in [2.24, 2.45) is 4.99 Å². The minimum atomic E-state index is -0.0806. The third-order valence-corrected chi connectivity index (χ3v) is 3.42. The van der Waals surface area contributed by atoms with Crippen LogP contribution in [-0.2, 0) is 9.53 Å². The van der Waals surface area contributed by atoms with E-state index < -0.39 is 0 Å². The molecule has 0 aliphatic heterocycles. The predicted octanol–water partition coefficient (Wildman–Crippen LogP) is 3.04. The third-order valence-electron chi connectivity index (χ3n) is 2.81. The molecule has 22 heavy (non-hydrogen) atoms. The number of esters is 1. The second-order valence-corrected chi connectivity index (χ2v) is 5.64. The molecule has 0 fully saturated rings. The van der Waals surface area contributed by atoms with E-state index in [1.165, 1.54) is 0 Å². The highest BCUT2D eigenvalue weighted by Crippen LogP contribution is 2.04. The second kappa shape index (κ2) is 18.9. The molecule has 0 atom stereocenters. The van der Waals surface area contributed by atoms with Crippen LogP contribution in [-0.4, -0.2) is 50.2 Å². The van der Waals surface area contributed by atoms with Gasteiger partial charge >= 0.3 is 5.97 Å². The molecule has 0 aromatic carbocycles. The summed E-state index contributed by atoms with van der Waals surface area (Å²) in [6.45, 7) is 7.03. The van der Waals surface area contributed by atoms with Crippen molar-refractivity contribution in [2.75, 3.05) is 38.2 Å². The van der Waals surface area contributed by atoms with Gasteiger partial charge in [-0.2, -0.15) is 11.8 Å². The maximum Gasteiger partial charge on any atom is 0.305 e. The third kappa shape index (κ3) is 16.2. The molecule has 0 amide bonds. The van der Waals surface area contributed by atoms with Crippen molar-refractivity contribution in [1.29, 1.82) is 0 Å². The standard InChI is InChI=1S/C15H31N3O2S.HI/c1-4-16-15(18-12-13-21-3)17-11-9-7-6-8-10-14(19)20-5-2;/h4-13H2,1-3H3,(H2,16,17,18);1H. The number of unbranched alkanes of at least 4 members (excludes halogenated alkanes) is 3. The van der Waals surface area contributed by atoms with Gasteiger partial charge < -0.3 is 15.4 Å². The Balaban J connectivity index is 0. The van der Waals surface area contributed by atoms with Crippen molar-refractivity contribution in [3.63, 3.8) is 0 Å². The number of carbonyl (C=O) groups excluding carboxylic acids is 1. The first-order valence-electron chi connectivity index (χ1n) is 7.91. The average Bonchev–Trinajstić information content (AvgIpc) is 2.46. The Morgan fingerprint density at radius 1 is 1.14 bits per heavy atom. The first-order valence-corrected chi connectivity index (χ1v) is 9.30. The van der Waals surface area contributed by atoms with Gasteiger partial charge in [0, 0.05) is 31.8 Å². The highest BCUT2D eigenvalue weighted by atomic mass is 127. The van der Waals surface area contributed by atoms with Gasteiger partial charge in [0.1, 0.15) is 0 Å². The summed E-state index contributed by atoms with van der Waals surface area (Å²) >= 11 is 1.82. The van der Waals surface area contributed by atoms with Crippen molar-refractivity contribution < 1.29 is 9.53 Å². The van der Waals surface area contributed by atoms with Crippen LogP contribution in [0.3, 0.4) is 0 Å². The lowest BCUT2D eigenvalue weighted by atomic mass is 10.1. The van der Waals surface area contributed by atoms with Crippen LogP contribution in [0.2, 0.25) is 0 Å². The topological polar surface area (TPSA) is 62.7 Å². The molecule has 0 aromatic heterocycles. The van der Waals surface area contributed by atoms with E-state index in [2.05, 4.69) is 28.8 Å². The molecule has 0 radical (unpaired) electrons. The molecule has 0 heterocycles. The maximum absolute atomic E-state index is 11.2. The van der Waals surface area contributed by atoms with Crippen molar-refractivity contribution in [2.45, 2.75) is 46.0 Å². The number of thioether (sulfide) groups is 1. The Morgan fingerprint density at radius 3 is 2.50 bits per heavy atom. The molecule has 0 saturated heterocycles. The number of hydrogen-bond donors (Lipinski definition) is 2. The Labute approximate surface area is 156 Å². The molecule has 0 rings (SSSR count). The Hall–Kier alpha value is -0.180. The van der Waals surface area contributed by atoms with Gasteiger partial charge in [0.2, 0.25) is 0 Å². The highest BCUT2D eigenvalue weighted by Gasteiger charge is 2.00. The number of hydrogen-bond acceptors (Lipinski definition) is 4. The normalized spacial score (nSPS) is 10.8. The number of carbonyl (C=O) groups is 1.